The second-order valence-corrected chi connectivity index (χ2v) is 6.38. The van der Waals surface area contributed by atoms with Gasteiger partial charge in [0.15, 0.2) is 11.5 Å². The van der Waals surface area contributed by atoms with Crippen molar-refractivity contribution in [2.75, 3.05) is 25.6 Å². The predicted octanol–water partition coefficient (Wildman–Crippen LogP) is 3.34. The fraction of sp³-hybridized carbons (Fsp3) is 0.556. The van der Waals surface area contributed by atoms with Crippen LogP contribution in [0.25, 0.3) is 0 Å². The number of rotatable bonds is 8. The van der Waals surface area contributed by atoms with Crippen molar-refractivity contribution >= 4 is 17.7 Å². The first-order valence-electron chi connectivity index (χ1n) is 8.32. The van der Waals surface area contributed by atoms with Crippen molar-refractivity contribution in [1.29, 1.82) is 0 Å². The summed E-state index contributed by atoms with van der Waals surface area (Å²) in [6, 6.07) is 5.22. The summed E-state index contributed by atoms with van der Waals surface area (Å²) in [4.78, 5) is 23.5. The summed E-state index contributed by atoms with van der Waals surface area (Å²) in [5.74, 6) is 1.05. The summed E-state index contributed by atoms with van der Waals surface area (Å²) in [6.07, 6.45) is 0.314. The van der Waals surface area contributed by atoms with Gasteiger partial charge in [-0.2, -0.15) is 0 Å². The van der Waals surface area contributed by atoms with Crippen LogP contribution in [0.4, 0.5) is 10.5 Å². The molecule has 0 saturated heterocycles. The summed E-state index contributed by atoms with van der Waals surface area (Å²) in [5, 5.41) is 5.41. The van der Waals surface area contributed by atoms with E-state index < -0.39 is 11.7 Å². The molecule has 0 aliphatic rings. The normalized spacial score (nSPS) is 10.8. The third-order valence-corrected chi connectivity index (χ3v) is 3.00. The number of carbonyl (C=O) groups is 2. The van der Waals surface area contributed by atoms with Crippen molar-refractivity contribution in [3.63, 3.8) is 0 Å². The van der Waals surface area contributed by atoms with E-state index >= 15 is 0 Å². The van der Waals surface area contributed by atoms with Crippen LogP contribution in [0.1, 0.15) is 40.5 Å². The molecule has 0 saturated carbocycles. The second kappa shape index (κ2) is 9.76. The molecular formula is C18H28N2O5. The third-order valence-electron chi connectivity index (χ3n) is 3.00. The van der Waals surface area contributed by atoms with E-state index in [-0.39, 0.29) is 12.3 Å². The largest absolute Gasteiger partial charge is 0.493 e. The van der Waals surface area contributed by atoms with Gasteiger partial charge in [0.05, 0.1) is 13.7 Å². The van der Waals surface area contributed by atoms with Crippen molar-refractivity contribution in [2.24, 2.45) is 0 Å². The molecular weight excluding hydrogens is 324 g/mol. The van der Waals surface area contributed by atoms with Crippen LogP contribution in [0.3, 0.4) is 0 Å². The van der Waals surface area contributed by atoms with Crippen molar-refractivity contribution < 1.29 is 23.8 Å². The Morgan fingerprint density at radius 2 is 1.88 bits per heavy atom. The van der Waals surface area contributed by atoms with Crippen LogP contribution in [-0.4, -0.2) is 37.9 Å². The van der Waals surface area contributed by atoms with Crippen LogP contribution in [0.5, 0.6) is 11.5 Å². The minimum atomic E-state index is -0.534. The molecule has 0 atom stereocenters. The molecule has 1 rings (SSSR count). The molecule has 0 aromatic heterocycles. The average Bonchev–Trinajstić information content (AvgIpc) is 2.51. The van der Waals surface area contributed by atoms with Gasteiger partial charge in [-0.3, -0.25) is 4.79 Å². The Hall–Kier alpha value is -2.44. The fourth-order valence-electron chi connectivity index (χ4n) is 2.00. The molecule has 0 spiro atoms. The van der Waals surface area contributed by atoms with Gasteiger partial charge in [-0.1, -0.05) is 0 Å². The number of alkyl carbamates (subject to hydrolysis) is 1. The van der Waals surface area contributed by atoms with Crippen LogP contribution >= 0.6 is 0 Å². The maximum absolute atomic E-state index is 12.0. The topological polar surface area (TPSA) is 85.9 Å². The highest BCUT2D eigenvalue weighted by molar-refractivity contribution is 5.91. The Bertz CT molecular complexity index is 581. The molecule has 0 fully saturated rings. The number of methoxy groups -OCH3 is 1. The molecule has 25 heavy (non-hydrogen) atoms. The predicted molar refractivity (Wildman–Crippen MR) is 96.3 cm³/mol. The monoisotopic (exact) mass is 352 g/mol. The Labute approximate surface area is 149 Å². The molecule has 0 radical (unpaired) electrons. The van der Waals surface area contributed by atoms with E-state index in [2.05, 4.69) is 10.6 Å². The smallest absolute Gasteiger partial charge is 0.407 e. The zero-order chi connectivity index (χ0) is 18.9. The van der Waals surface area contributed by atoms with Gasteiger partial charge < -0.3 is 24.8 Å². The van der Waals surface area contributed by atoms with Gasteiger partial charge in [0.25, 0.3) is 0 Å². The van der Waals surface area contributed by atoms with Crippen molar-refractivity contribution in [2.45, 2.75) is 46.1 Å². The summed E-state index contributed by atoms with van der Waals surface area (Å²) in [7, 11) is 1.55. The van der Waals surface area contributed by atoms with Gasteiger partial charge in [0.2, 0.25) is 5.91 Å². The molecule has 0 heterocycles. The molecule has 1 aromatic carbocycles. The number of amides is 2. The lowest BCUT2D eigenvalue weighted by Crippen LogP contribution is -2.33. The molecule has 0 aliphatic carbocycles. The van der Waals surface area contributed by atoms with Gasteiger partial charge in [-0.25, -0.2) is 4.79 Å². The average molecular weight is 352 g/mol. The van der Waals surface area contributed by atoms with E-state index in [9.17, 15) is 9.59 Å². The molecule has 7 nitrogen and oxygen atoms in total. The minimum Gasteiger partial charge on any atom is -0.493 e. The van der Waals surface area contributed by atoms with E-state index in [1.165, 1.54) is 0 Å². The maximum Gasteiger partial charge on any atom is 0.407 e. The van der Waals surface area contributed by atoms with Crippen molar-refractivity contribution in [3.8, 4) is 11.5 Å². The SMILES string of the molecule is CCOc1ccc(NC(=O)CCCNC(=O)OC(C)(C)C)cc1OC. The second-order valence-electron chi connectivity index (χ2n) is 6.38. The summed E-state index contributed by atoms with van der Waals surface area (Å²) in [5.41, 5.74) is 0.0964. The number of hydrogen-bond acceptors (Lipinski definition) is 5. The lowest BCUT2D eigenvalue weighted by Gasteiger charge is -2.19. The Morgan fingerprint density at radius 1 is 1.16 bits per heavy atom. The van der Waals surface area contributed by atoms with Crippen LogP contribution in [0, 0.1) is 0 Å². The first-order chi connectivity index (χ1) is 11.7. The summed E-state index contributed by atoms with van der Waals surface area (Å²) >= 11 is 0. The molecule has 0 unspecified atom stereocenters. The number of nitrogens with one attached hydrogen (secondary N) is 2. The van der Waals surface area contributed by atoms with Crippen LogP contribution in [-0.2, 0) is 9.53 Å². The van der Waals surface area contributed by atoms with Gasteiger partial charge >= 0.3 is 6.09 Å². The Kier molecular flexibility index (Phi) is 8.04. The zero-order valence-electron chi connectivity index (χ0n) is 15.6. The third kappa shape index (κ3) is 8.28. The van der Waals surface area contributed by atoms with Gasteiger partial charge in [0.1, 0.15) is 5.60 Å². The molecule has 2 amide bonds. The first-order valence-corrected chi connectivity index (χ1v) is 8.32. The van der Waals surface area contributed by atoms with Crippen LogP contribution in [0.15, 0.2) is 18.2 Å². The van der Waals surface area contributed by atoms with E-state index in [0.717, 1.165) is 0 Å². The number of anilines is 1. The van der Waals surface area contributed by atoms with E-state index in [1.54, 1.807) is 46.1 Å². The summed E-state index contributed by atoms with van der Waals surface area (Å²) < 4.78 is 15.8. The highest BCUT2D eigenvalue weighted by Crippen LogP contribution is 2.30. The molecule has 0 bridgehead atoms. The van der Waals surface area contributed by atoms with E-state index in [4.69, 9.17) is 14.2 Å². The highest BCUT2D eigenvalue weighted by atomic mass is 16.6. The van der Waals surface area contributed by atoms with Crippen molar-refractivity contribution in [3.05, 3.63) is 18.2 Å². The van der Waals surface area contributed by atoms with Gasteiger partial charge in [-0.05, 0) is 46.2 Å². The molecule has 1 aromatic rings. The summed E-state index contributed by atoms with van der Waals surface area (Å²) in [6.45, 7) is 8.18. The number of ether oxygens (including phenoxy) is 3. The quantitative estimate of drug-likeness (QED) is 0.701. The van der Waals surface area contributed by atoms with Gasteiger partial charge in [0, 0.05) is 24.7 Å². The minimum absolute atomic E-state index is 0.141. The maximum atomic E-state index is 12.0. The van der Waals surface area contributed by atoms with E-state index in [1.807, 2.05) is 6.92 Å². The standard InChI is InChI=1S/C18H28N2O5/c1-6-24-14-10-9-13(12-15(14)23-5)20-16(21)8-7-11-19-17(22)25-18(2,3)4/h9-10,12H,6-8,11H2,1-5H3,(H,19,22)(H,20,21). The van der Waals surface area contributed by atoms with Crippen LogP contribution < -0.4 is 20.1 Å². The van der Waals surface area contributed by atoms with E-state index in [0.29, 0.717) is 36.8 Å². The molecule has 7 heteroatoms. The zero-order valence-corrected chi connectivity index (χ0v) is 15.6. The van der Waals surface area contributed by atoms with Gasteiger partial charge in [-0.15, -0.1) is 0 Å². The Morgan fingerprint density at radius 3 is 2.48 bits per heavy atom. The first kappa shape index (κ1) is 20.6. The molecule has 2 N–H and O–H groups in total. The Balaban J connectivity index is 2.38. The number of hydrogen-bond donors (Lipinski definition) is 2. The molecule has 0 aliphatic heterocycles. The van der Waals surface area contributed by atoms with Crippen molar-refractivity contribution in [1.82, 2.24) is 5.32 Å². The number of benzene rings is 1. The lowest BCUT2D eigenvalue weighted by atomic mass is 10.2. The fourth-order valence-corrected chi connectivity index (χ4v) is 2.00. The number of carbonyl (C=O) groups excluding carboxylic acids is 2. The lowest BCUT2D eigenvalue weighted by molar-refractivity contribution is -0.116. The highest BCUT2D eigenvalue weighted by Gasteiger charge is 2.15. The van der Waals surface area contributed by atoms with Crippen LogP contribution in [0.2, 0.25) is 0 Å². The molecule has 140 valence electrons.